The Labute approximate surface area is 132 Å². The number of imide groups is 1. The molecule has 6 nitrogen and oxygen atoms in total. The first-order valence-electron chi connectivity index (χ1n) is 7.05. The van der Waals surface area contributed by atoms with Gasteiger partial charge in [0, 0.05) is 5.56 Å². The molecule has 0 aliphatic carbocycles. The second kappa shape index (κ2) is 4.74. The first-order chi connectivity index (χ1) is 11.2. The second-order valence-corrected chi connectivity index (χ2v) is 5.21. The summed E-state index contributed by atoms with van der Waals surface area (Å²) in [5, 5.41) is 0. The highest BCUT2D eigenvalue weighted by atomic mass is 16.5. The zero-order valence-corrected chi connectivity index (χ0v) is 12.5. The maximum atomic E-state index is 12.8. The summed E-state index contributed by atoms with van der Waals surface area (Å²) in [7, 11) is 2.95. The van der Waals surface area contributed by atoms with Crippen LogP contribution in [0.15, 0.2) is 36.4 Å². The van der Waals surface area contributed by atoms with Crippen molar-refractivity contribution in [1.82, 2.24) is 4.90 Å². The van der Waals surface area contributed by atoms with E-state index in [-0.39, 0.29) is 5.91 Å². The molecule has 0 saturated carbocycles. The average molecular weight is 311 g/mol. The van der Waals surface area contributed by atoms with Gasteiger partial charge in [0.05, 0.1) is 25.3 Å². The molecule has 4 rings (SSSR count). The highest BCUT2D eigenvalue weighted by Gasteiger charge is 2.48. The van der Waals surface area contributed by atoms with Crippen molar-refractivity contribution in [2.24, 2.45) is 0 Å². The molecule has 116 valence electrons. The van der Waals surface area contributed by atoms with Gasteiger partial charge >= 0.3 is 0 Å². The van der Waals surface area contributed by atoms with Crippen LogP contribution < -0.4 is 14.2 Å². The van der Waals surface area contributed by atoms with E-state index < -0.39 is 12.1 Å². The molecule has 0 fully saturated rings. The van der Waals surface area contributed by atoms with Gasteiger partial charge < -0.3 is 14.2 Å². The van der Waals surface area contributed by atoms with Crippen molar-refractivity contribution in [2.45, 2.75) is 6.23 Å². The van der Waals surface area contributed by atoms with E-state index in [1.807, 2.05) is 0 Å². The van der Waals surface area contributed by atoms with Crippen molar-refractivity contribution in [1.29, 1.82) is 0 Å². The van der Waals surface area contributed by atoms with Gasteiger partial charge in [-0.2, -0.15) is 0 Å². The summed E-state index contributed by atoms with van der Waals surface area (Å²) >= 11 is 0. The van der Waals surface area contributed by atoms with Crippen LogP contribution in [0.5, 0.6) is 17.2 Å². The summed E-state index contributed by atoms with van der Waals surface area (Å²) in [6, 6.07) is 10.3. The van der Waals surface area contributed by atoms with Crippen LogP contribution >= 0.6 is 0 Å². The summed E-state index contributed by atoms with van der Waals surface area (Å²) in [4.78, 5) is 26.6. The molecule has 2 heterocycles. The first kappa shape index (κ1) is 13.6. The molecular formula is C17H13NO5. The van der Waals surface area contributed by atoms with Crippen molar-refractivity contribution in [3.8, 4) is 17.2 Å². The number of benzene rings is 2. The number of nitrogens with zero attached hydrogens (tertiary/aromatic N) is 1. The molecule has 6 heteroatoms. The summed E-state index contributed by atoms with van der Waals surface area (Å²) in [6.07, 6.45) is -0.778. The maximum absolute atomic E-state index is 12.8. The van der Waals surface area contributed by atoms with E-state index in [0.29, 0.717) is 33.9 Å². The van der Waals surface area contributed by atoms with E-state index in [2.05, 4.69) is 0 Å². The summed E-state index contributed by atoms with van der Waals surface area (Å²) in [5.41, 5.74) is 1.27. The maximum Gasteiger partial charge on any atom is 0.268 e. The number of carbonyl (C=O) groups excluding carboxylic acids is 2. The van der Waals surface area contributed by atoms with E-state index in [1.165, 1.54) is 14.2 Å². The molecule has 2 aromatic carbocycles. The third-order valence-electron chi connectivity index (χ3n) is 4.09. The number of rotatable bonds is 2. The second-order valence-electron chi connectivity index (χ2n) is 5.21. The van der Waals surface area contributed by atoms with Crippen LogP contribution in [0.1, 0.15) is 32.5 Å². The largest absolute Gasteiger partial charge is 0.493 e. The molecule has 2 aliphatic heterocycles. The summed E-state index contributed by atoms with van der Waals surface area (Å²) in [5.74, 6) is 0.391. The number of amides is 2. The number of hydrogen-bond acceptors (Lipinski definition) is 5. The zero-order valence-electron chi connectivity index (χ0n) is 12.5. The van der Waals surface area contributed by atoms with Gasteiger partial charge in [0.2, 0.25) is 6.23 Å². The van der Waals surface area contributed by atoms with Crippen LogP contribution in [0.3, 0.4) is 0 Å². The lowest BCUT2D eigenvalue weighted by atomic mass is 10.1. The molecular weight excluding hydrogens is 298 g/mol. The topological polar surface area (TPSA) is 65.1 Å². The molecule has 23 heavy (non-hydrogen) atoms. The molecule has 2 aliphatic rings. The third kappa shape index (κ3) is 1.69. The summed E-state index contributed by atoms with van der Waals surface area (Å²) < 4.78 is 16.4. The molecule has 0 N–H and O–H groups in total. The van der Waals surface area contributed by atoms with Crippen LogP contribution in [-0.4, -0.2) is 30.9 Å². The minimum absolute atomic E-state index is 0.304. The quantitative estimate of drug-likeness (QED) is 0.797. The molecule has 0 aromatic heterocycles. The van der Waals surface area contributed by atoms with Crippen LogP contribution in [0.25, 0.3) is 0 Å². The fraction of sp³-hybridized carbons (Fsp3) is 0.176. The lowest BCUT2D eigenvalue weighted by molar-refractivity contribution is 0.0184. The number of methoxy groups -OCH3 is 2. The van der Waals surface area contributed by atoms with Crippen molar-refractivity contribution in [3.05, 3.63) is 53.1 Å². The number of carbonyl (C=O) groups is 2. The highest BCUT2D eigenvalue weighted by Crippen LogP contribution is 2.47. The van der Waals surface area contributed by atoms with Gasteiger partial charge in [-0.05, 0) is 24.3 Å². The highest BCUT2D eigenvalue weighted by molar-refractivity contribution is 6.16. The van der Waals surface area contributed by atoms with Crippen LogP contribution in [0, 0.1) is 0 Å². The van der Waals surface area contributed by atoms with Gasteiger partial charge in [-0.3, -0.25) is 9.59 Å². The number of ether oxygens (including phenoxy) is 3. The van der Waals surface area contributed by atoms with E-state index in [1.54, 1.807) is 36.4 Å². The molecule has 1 atom stereocenters. The predicted molar refractivity (Wildman–Crippen MR) is 79.9 cm³/mol. The van der Waals surface area contributed by atoms with Gasteiger partial charge in [-0.25, -0.2) is 4.90 Å². The van der Waals surface area contributed by atoms with Gasteiger partial charge in [0.1, 0.15) is 5.75 Å². The van der Waals surface area contributed by atoms with Crippen LogP contribution in [-0.2, 0) is 0 Å². The molecule has 0 saturated heterocycles. The van der Waals surface area contributed by atoms with Crippen molar-refractivity contribution in [3.63, 3.8) is 0 Å². The molecule has 0 bridgehead atoms. The minimum atomic E-state index is -0.778. The average Bonchev–Trinajstić information content (AvgIpc) is 2.87. The lowest BCUT2D eigenvalue weighted by Gasteiger charge is -2.30. The predicted octanol–water partition coefficient (Wildman–Crippen LogP) is 2.39. The summed E-state index contributed by atoms with van der Waals surface area (Å²) in [6.45, 7) is 0. The SMILES string of the molecule is COc1ccc2c(c1OC)C(=O)N1C(=O)c3ccccc3O[C@@H]21. The van der Waals surface area contributed by atoms with Crippen molar-refractivity contribution >= 4 is 11.8 Å². The van der Waals surface area contributed by atoms with Crippen LogP contribution in [0.4, 0.5) is 0 Å². The monoisotopic (exact) mass is 311 g/mol. The Kier molecular flexibility index (Phi) is 2.81. The fourth-order valence-electron chi connectivity index (χ4n) is 3.05. The van der Waals surface area contributed by atoms with E-state index in [4.69, 9.17) is 14.2 Å². The Bertz CT molecular complexity index is 845. The van der Waals surface area contributed by atoms with Crippen LogP contribution in [0.2, 0.25) is 0 Å². The molecule has 2 amide bonds. The van der Waals surface area contributed by atoms with Gasteiger partial charge in [0.15, 0.2) is 11.5 Å². The molecule has 2 aromatic rings. The third-order valence-corrected chi connectivity index (χ3v) is 4.09. The van der Waals surface area contributed by atoms with Crippen molar-refractivity contribution < 1.29 is 23.8 Å². The van der Waals surface area contributed by atoms with Gasteiger partial charge in [-0.15, -0.1) is 0 Å². The Morgan fingerprint density at radius 2 is 1.78 bits per heavy atom. The van der Waals surface area contributed by atoms with E-state index >= 15 is 0 Å². The number of fused-ring (bicyclic) bond motifs is 4. The van der Waals surface area contributed by atoms with Gasteiger partial charge in [-0.1, -0.05) is 12.1 Å². The smallest absolute Gasteiger partial charge is 0.268 e. The normalized spacial score (nSPS) is 18.0. The standard InChI is InChI=1S/C17H13NO5/c1-21-12-8-7-10-13(14(12)22-2)16(20)18-15(19)9-5-3-4-6-11(9)23-17(10)18/h3-8,17H,1-2H3/t17-/m0/s1. The number of para-hydroxylation sites is 1. The first-order valence-corrected chi connectivity index (χ1v) is 7.05. The Morgan fingerprint density at radius 1 is 1.00 bits per heavy atom. The Balaban J connectivity index is 1.91. The fourth-order valence-corrected chi connectivity index (χ4v) is 3.05. The Morgan fingerprint density at radius 3 is 2.52 bits per heavy atom. The lowest BCUT2D eigenvalue weighted by Crippen LogP contribution is -2.40. The van der Waals surface area contributed by atoms with Crippen molar-refractivity contribution in [2.75, 3.05) is 14.2 Å². The molecule has 0 spiro atoms. The molecule has 0 radical (unpaired) electrons. The molecule has 0 unspecified atom stereocenters. The minimum Gasteiger partial charge on any atom is -0.493 e. The Hall–Kier alpha value is -3.02. The zero-order chi connectivity index (χ0) is 16.1. The van der Waals surface area contributed by atoms with E-state index in [9.17, 15) is 9.59 Å². The number of hydrogen-bond donors (Lipinski definition) is 0. The van der Waals surface area contributed by atoms with E-state index in [0.717, 1.165) is 4.90 Å². The van der Waals surface area contributed by atoms with Gasteiger partial charge in [0.25, 0.3) is 11.8 Å².